The van der Waals surface area contributed by atoms with Gasteiger partial charge >= 0.3 is 0 Å². The van der Waals surface area contributed by atoms with Crippen molar-refractivity contribution >= 4 is 28.3 Å². The zero-order valence-corrected chi connectivity index (χ0v) is 16.9. The molecule has 0 aliphatic heterocycles. The molecule has 0 atom stereocenters. The van der Waals surface area contributed by atoms with Crippen LogP contribution in [0.15, 0.2) is 53.2 Å². The number of nitrogens with one attached hydrogen (secondary N) is 1. The molecule has 0 bridgehead atoms. The van der Waals surface area contributed by atoms with E-state index in [4.69, 9.17) is 15.3 Å². The second-order valence-electron chi connectivity index (χ2n) is 7.25. The third-order valence-corrected chi connectivity index (χ3v) is 4.74. The molecule has 0 saturated heterocycles. The number of imidazole rings is 1. The highest BCUT2D eigenvalue weighted by Gasteiger charge is 2.22. The smallest absolute Gasteiger partial charge is 0.202 e. The molecule has 0 amide bonds. The summed E-state index contributed by atoms with van der Waals surface area (Å²) in [7, 11) is 3.98. The van der Waals surface area contributed by atoms with E-state index in [2.05, 4.69) is 20.5 Å². The molecule has 2 aromatic heterocycles. The lowest BCUT2D eigenvalue weighted by molar-refractivity contribution is 0.0974. The summed E-state index contributed by atoms with van der Waals surface area (Å²) in [4.78, 5) is 19.7. The Labute approximate surface area is 173 Å². The number of aromatic nitrogens is 4. The number of hydrogen-bond donors (Lipinski definition) is 2. The van der Waals surface area contributed by atoms with Gasteiger partial charge in [0, 0.05) is 24.3 Å². The topological polar surface area (TPSA) is 115 Å². The van der Waals surface area contributed by atoms with Gasteiger partial charge < -0.3 is 20.5 Å². The monoisotopic (exact) mass is 405 g/mol. The predicted molar refractivity (Wildman–Crippen MR) is 115 cm³/mol. The second-order valence-corrected chi connectivity index (χ2v) is 7.25. The molecule has 0 spiro atoms. The molecule has 0 radical (unpaired) electrons. The minimum absolute atomic E-state index is 0.0574. The van der Waals surface area contributed by atoms with Gasteiger partial charge in [-0.25, -0.2) is 9.61 Å². The fourth-order valence-corrected chi connectivity index (χ4v) is 3.17. The van der Waals surface area contributed by atoms with E-state index in [1.165, 1.54) is 0 Å². The van der Waals surface area contributed by atoms with Gasteiger partial charge in [-0.3, -0.25) is 4.79 Å². The van der Waals surface area contributed by atoms with E-state index in [0.29, 0.717) is 35.1 Å². The van der Waals surface area contributed by atoms with E-state index in [1.807, 2.05) is 42.9 Å². The standard InChI is InChI=1S/C21H23N7O2/c1-27(2)12-11-23-20-19(25-30-26-20)21-24-16-5-3-4-6-17(16)28(21)13-18(29)14-7-9-15(22)10-8-14/h3-10H,11-13,22H2,1-2H3,(H,23,26). The van der Waals surface area contributed by atoms with Crippen LogP contribution < -0.4 is 11.1 Å². The van der Waals surface area contributed by atoms with E-state index >= 15 is 0 Å². The summed E-state index contributed by atoms with van der Waals surface area (Å²) in [6.07, 6.45) is 0. The lowest BCUT2D eigenvalue weighted by Gasteiger charge is -2.11. The van der Waals surface area contributed by atoms with Crippen molar-refractivity contribution in [2.24, 2.45) is 0 Å². The molecule has 9 heteroatoms. The highest BCUT2D eigenvalue weighted by molar-refractivity contribution is 5.97. The maximum Gasteiger partial charge on any atom is 0.202 e. The largest absolute Gasteiger partial charge is 0.399 e. The lowest BCUT2D eigenvalue weighted by Crippen LogP contribution is -2.21. The third-order valence-electron chi connectivity index (χ3n) is 4.74. The Morgan fingerprint density at radius 1 is 1.13 bits per heavy atom. The van der Waals surface area contributed by atoms with Crippen LogP contribution >= 0.6 is 0 Å². The lowest BCUT2D eigenvalue weighted by atomic mass is 10.1. The summed E-state index contributed by atoms with van der Waals surface area (Å²) in [6, 6.07) is 14.5. The molecule has 154 valence electrons. The predicted octanol–water partition coefficient (Wildman–Crippen LogP) is 2.52. The third kappa shape index (κ3) is 4.01. The van der Waals surface area contributed by atoms with E-state index in [-0.39, 0.29) is 12.3 Å². The molecule has 3 N–H and O–H groups in total. The van der Waals surface area contributed by atoms with Crippen LogP contribution in [-0.2, 0) is 6.54 Å². The Bertz CT molecular complexity index is 1160. The highest BCUT2D eigenvalue weighted by Crippen LogP contribution is 2.28. The van der Waals surface area contributed by atoms with Gasteiger partial charge in [0.25, 0.3) is 0 Å². The van der Waals surface area contributed by atoms with Gasteiger partial charge in [-0.2, -0.15) is 0 Å². The Balaban J connectivity index is 1.70. The number of hydrogen-bond acceptors (Lipinski definition) is 8. The summed E-state index contributed by atoms with van der Waals surface area (Å²) in [5, 5.41) is 11.3. The van der Waals surface area contributed by atoms with Crippen molar-refractivity contribution in [1.82, 2.24) is 24.8 Å². The Morgan fingerprint density at radius 3 is 2.67 bits per heavy atom. The van der Waals surface area contributed by atoms with E-state index in [9.17, 15) is 4.79 Å². The van der Waals surface area contributed by atoms with Crippen molar-refractivity contribution in [2.45, 2.75) is 6.54 Å². The summed E-state index contributed by atoms with van der Waals surface area (Å²) >= 11 is 0. The summed E-state index contributed by atoms with van der Waals surface area (Å²) in [6.45, 7) is 1.58. The van der Waals surface area contributed by atoms with Crippen LogP contribution in [0.4, 0.5) is 11.5 Å². The first-order chi connectivity index (χ1) is 14.5. The number of anilines is 2. The van der Waals surface area contributed by atoms with Crippen molar-refractivity contribution in [1.29, 1.82) is 0 Å². The summed E-state index contributed by atoms with van der Waals surface area (Å²) in [5.74, 6) is 0.958. The number of nitrogens with zero attached hydrogens (tertiary/aromatic N) is 5. The molecule has 0 unspecified atom stereocenters. The SMILES string of the molecule is CN(C)CCNc1nonc1-c1nc2ccccc2n1CC(=O)c1ccc(N)cc1. The van der Waals surface area contributed by atoms with Crippen molar-refractivity contribution < 1.29 is 9.42 Å². The number of carbonyl (C=O) groups excluding carboxylic acids is 1. The fraction of sp³-hybridized carbons (Fsp3) is 0.238. The van der Waals surface area contributed by atoms with Gasteiger partial charge in [0.2, 0.25) is 5.82 Å². The van der Waals surface area contributed by atoms with Crippen LogP contribution in [0.5, 0.6) is 0 Å². The van der Waals surface area contributed by atoms with Crippen LogP contribution in [0.3, 0.4) is 0 Å². The molecule has 0 fully saturated rings. The molecule has 30 heavy (non-hydrogen) atoms. The quantitative estimate of drug-likeness (QED) is 0.339. The average Bonchev–Trinajstić information content (AvgIpc) is 3.33. The van der Waals surface area contributed by atoms with Crippen LogP contribution in [0.25, 0.3) is 22.6 Å². The van der Waals surface area contributed by atoms with Gasteiger partial charge in [-0.15, -0.1) is 0 Å². The van der Waals surface area contributed by atoms with Gasteiger partial charge in [0.05, 0.1) is 17.6 Å². The number of para-hydroxylation sites is 2. The molecule has 0 saturated carbocycles. The van der Waals surface area contributed by atoms with Gasteiger partial charge in [0.1, 0.15) is 0 Å². The molecular formula is C21H23N7O2. The number of nitrogens with two attached hydrogens (primary N) is 1. The van der Waals surface area contributed by atoms with Crippen molar-refractivity contribution in [3.05, 3.63) is 54.1 Å². The maximum atomic E-state index is 13.0. The number of ketones is 1. The Kier molecular flexibility index (Phi) is 5.44. The van der Waals surface area contributed by atoms with Gasteiger partial charge in [-0.1, -0.05) is 12.1 Å². The second kappa shape index (κ2) is 8.34. The summed E-state index contributed by atoms with van der Waals surface area (Å²) in [5.41, 5.74) is 8.99. The van der Waals surface area contributed by atoms with Crippen molar-refractivity contribution in [3.63, 3.8) is 0 Å². The molecule has 0 aliphatic rings. The molecule has 9 nitrogen and oxygen atoms in total. The Morgan fingerprint density at radius 2 is 1.90 bits per heavy atom. The minimum atomic E-state index is -0.0574. The number of likely N-dealkylation sites (N-methyl/N-ethyl adjacent to an activating group) is 1. The normalized spacial score (nSPS) is 11.3. The first kappa shape index (κ1) is 19.6. The zero-order chi connectivity index (χ0) is 21.1. The van der Waals surface area contributed by atoms with E-state index in [1.54, 1.807) is 24.3 Å². The maximum absolute atomic E-state index is 13.0. The summed E-state index contributed by atoms with van der Waals surface area (Å²) < 4.78 is 6.82. The van der Waals surface area contributed by atoms with E-state index in [0.717, 1.165) is 17.6 Å². The zero-order valence-electron chi connectivity index (χ0n) is 16.9. The molecular weight excluding hydrogens is 382 g/mol. The molecule has 0 aliphatic carbocycles. The molecule has 2 heterocycles. The molecule has 2 aromatic carbocycles. The number of nitrogen functional groups attached to an aromatic ring is 1. The number of benzene rings is 2. The first-order valence-electron chi connectivity index (χ1n) is 9.58. The van der Waals surface area contributed by atoms with Crippen LogP contribution in [0.2, 0.25) is 0 Å². The minimum Gasteiger partial charge on any atom is -0.399 e. The molecule has 4 rings (SSSR count). The van der Waals surface area contributed by atoms with Crippen molar-refractivity contribution in [2.75, 3.05) is 38.2 Å². The van der Waals surface area contributed by atoms with Crippen LogP contribution in [-0.4, -0.2) is 57.7 Å². The first-order valence-corrected chi connectivity index (χ1v) is 9.58. The Hall–Kier alpha value is -3.72. The average molecular weight is 405 g/mol. The van der Waals surface area contributed by atoms with Crippen molar-refractivity contribution in [3.8, 4) is 11.5 Å². The number of fused-ring (bicyclic) bond motifs is 1. The number of Topliss-reactive ketones (excluding diaryl/α,β-unsaturated/α-hetero) is 1. The number of carbonyl (C=O) groups is 1. The molecule has 4 aromatic rings. The number of rotatable bonds is 8. The van der Waals surface area contributed by atoms with Gasteiger partial charge in [0.15, 0.2) is 17.3 Å². The highest BCUT2D eigenvalue weighted by atomic mass is 16.6. The van der Waals surface area contributed by atoms with Crippen LogP contribution in [0, 0.1) is 0 Å². The fourth-order valence-electron chi connectivity index (χ4n) is 3.17. The van der Waals surface area contributed by atoms with Crippen LogP contribution in [0.1, 0.15) is 10.4 Å². The van der Waals surface area contributed by atoms with Gasteiger partial charge in [-0.05, 0) is 60.8 Å². The van der Waals surface area contributed by atoms with E-state index < -0.39 is 0 Å².